The number of aromatic hydroxyl groups is 1. The molecule has 0 aliphatic carbocycles. The van der Waals surface area contributed by atoms with Crippen LogP contribution in [0.4, 0.5) is 13.2 Å². The van der Waals surface area contributed by atoms with Crippen LogP contribution < -0.4 is 0 Å². The largest absolute Gasteiger partial charge is 0.493 e. The van der Waals surface area contributed by atoms with E-state index in [-0.39, 0.29) is 5.65 Å². The summed E-state index contributed by atoms with van der Waals surface area (Å²) in [5, 5.41) is 12.8. The predicted octanol–water partition coefficient (Wildman–Crippen LogP) is 2.31. The quantitative estimate of drug-likeness (QED) is 0.789. The first-order chi connectivity index (χ1) is 8.12. The first-order valence-corrected chi connectivity index (χ1v) is 5.12. The molecule has 5 nitrogen and oxygen atoms in total. The third kappa shape index (κ3) is 1.87. The molecular weight excluding hydrogens is 249 g/mol. The minimum atomic E-state index is -4.65. The number of rotatable bonds is 0. The van der Waals surface area contributed by atoms with E-state index in [0.717, 1.165) is 11.0 Å². The average Bonchev–Trinajstić information content (AvgIpc) is 2.56. The second-order valence-electron chi connectivity index (χ2n) is 4.82. The van der Waals surface area contributed by atoms with E-state index < -0.39 is 28.7 Å². The molecule has 2 rings (SSSR count). The van der Waals surface area contributed by atoms with Crippen LogP contribution in [0.1, 0.15) is 26.5 Å². The van der Waals surface area contributed by atoms with Crippen molar-refractivity contribution in [2.45, 2.75) is 32.5 Å². The molecule has 0 saturated carbocycles. The molecule has 0 saturated heterocycles. The number of halogens is 3. The zero-order valence-electron chi connectivity index (χ0n) is 9.95. The monoisotopic (exact) mass is 260 g/mol. The van der Waals surface area contributed by atoms with E-state index in [0.29, 0.717) is 0 Å². The molecule has 0 amide bonds. The molecular formula is C10H11F3N4O. The standard InChI is InChI=1S/C10H11F3N4O/c1-9(2,3)17-6(10(11,12)13)5-7(16-17)14-4-15-8(5)18/h4H,1-3H3,(H,14,15,16,18). The summed E-state index contributed by atoms with van der Waals surface area (Å²) in [5.41, 5.74) is -2.11. The van der Waals surface area contributed by atoms with Gasteiger partial charge in [-0.3, -0.25) is 4.68 Å². The Balaban J connectivity index is 2.92. The molecule has 18 heavy (non-hydrogen) atoms. The van der Waals surface area contributed by atoms with Crippen molar-refractivity contribution >= 4 is 11.0 Å². The van der Waals surface area contributed by atoms with Crippen molar-refractivity contribution in [1.82, 2.24) is 19.7 Å². The molecule has 0 aromatic carbocycles. The Hall–Kier alpha value is -1.86. The van der Waals surface area contributed by atoms with Gasteiger partial charge in [-0.2, -0.15) is 18.3 Å². The van der Waals surface area contributed by atoms with E-state index in [1.807, 2.05) is 0 Å². The summed E-state index contributed by atoms with van der Waals surface area (Å²) in [6, 6.07) is 0. The number of fused-ring (bicyclic) bond motifs is 1. The van der Waals surface area contributed by atoms with Gasteiger partial charge in [0.2, 0.25) is 5.88 Å². The fraction of sp³-hybridized carbons (Fsp3) is 0.500. The van der Waals surface area contributed by atoms with E-state index in [9.17, 15) is 18.3 Å². The van der Waals surface area contributed by atoms with Gasteiger partial charge in [0.15, 0.2) is 11.3 Å². The van der Waals surface area contributed by atoms with Crippen LogP contribution in [0, 0.1) is 0 Å². The van der Waals surface area contributed by atoms with Crippen molar-refractivity contribution in [3.05, 3.63) is 12.0 Å². The van der Waals surface area contributed by atoms with Gasteiger partial charge in [-0.05, 0) is 20.8 Å². The average molecular weight is 260 g/mol. The lowest BCUT2D eigenvalue weighted by Crippen LogP contribution is -2.28. The molecule has 0 radical (unpaired) electrons. The minimum Gasteiger partial charge on any atom is -0.493 e. The molecule has 0 aliphatic heterocycles. The first kappa shape index (κ1) is 12.6. The van der Waals surface area contributed by atoms with E-state index in [1.165, 1.54) is 0 Å². The lowest BCUT2D eigenvalue weighted by Gasteiger charge is -2.23. The van der Waals surface area contributed by atoms with E-state index >= 15 is 0 Å². The lowest BCUT2D eigenvalue weighted by atomic mass is 10.1. The summed E-state index contributed by atoms with van der Waals surface area (Å²) in [7, 11) is 0. The van der Waals surface area contributed by atoms with E-state index in [1.54, 1.807) is 20.8 Å². The second-order valence-corrected chi connectivity index (χ2v) is 4.82. The molecule has 0 aliphatic rings. The highest BCUT2D eigenvalue weighted by molar-refractivity contribution is 5.83. The molecule has 0 unspecified atom stereocenters. The van der Waals surface area contributed by atoms with Gasteiger partial charge in [-0.1, -0.05) is 0 Å². The SMILES string of the molecule is CC(C)(C)n1nc2ncnc(O)c2c1C(F)(F)F. The Labute approximate surface area is 100 Å². The number of alkyl halides is 3. The van der Waals surface area contributed by atoms with Gasteiger partial charge >= 0.3 is 6.18 Å². The molecule has 0 fully saturated rings. The lowest BCUT2D eigenvalue weighted by molar-refractivity contribution is -0.144. The van der Waals surface area contributed by atoms with Gasteiger partial charge in [0.1, 0.15) is 11.7 Å². The maximum absolute atomic E-state index is 13.1. The molecule has 2 heterocycles. The molecule has 0 bridgehead atoms. The Morgan fingerprint density at radius 2 is 1.78 bits per heavy atom. The van der Waals surface area contributed by atoms with Crippen LogP contribution in [0.5, 0.6) is 5.88 Å². The highest BCUT2D eigenvalue weighted by atomic mass is 19.4. The van der Waals surface area contributed by atoms with Crippen LogP contribution in [0.15, 0.2) is 6.33 Å². The van der Waals surface area contributed by atoms with Gasteiger partial charge in [0.05, 0.1) is 5.54 Å². The van der Waals surface area contributed by atoms with Gasteiger partial charge in [0, 0.05) is 0 Å². The van der Waals surface area contributed by atoms with E-state index in [4.69, 9.17) is 0 Å². The Kier molecular flexibility index (Phi) is 2.49. The van der Waals surface area contributed by atoms with Crippen molar-refractivity contribution in [2.75, 3.05) is 0 Å². The molecule has 0 atom stereocenters. The maximum atomic E-state index is 13.1. The number of aromatic nitrogens is 4. The van der Waals surface area contributed by atoms with Crippen molar-refractivity contribution in [1.29, 1.82) is 0 Å². The van der Waals surface area contributed by atoms with Crippen LogP contribution in [0.3, 0.4) is 0 Å². The van der Waals surface area contributed by atoms with Crippen LogP contribution in [0.2, 0.25) is 0 Å². The van der Waals surface area contributed by atoms with Crippen LogP contribution >= 0.6 is 0 Å². The summed E-state index contributed by atoms with van der Waals surface area (Å²) in [6.07, 6.45) is -3.68. The Morgan fingerprint density at radius 3 is 2.28 bits per heavy atom. The summed E-state index contributed by atoms with van der Waals surface area (Å²) in [6.45, 7) is 4.75. The first-order valence-electron chi connectivity index (χ1n) is 5.12. The van der Waals surface area contributed by atoms with Gasteiger partial charge < -0.3 is 5.11 Å². The molecule has 2 aromatic heterocycles. The normalized spacial score (nSPS) is 13.2. The van der Waals surface area contributed by atoms with Gasteiger partial charge in [-0.25, -0.2) is 9.97 Å². The number of nitrogens with zero attached hydrogens (tertiary/aromatic N) is 4. The zero-order valence-corrected chi connectivity index (χ0v) is 9.95. The maximum Gasteiger partial charge on any atom is 0.433 e. The fourth-order valence-corrected chi connectivity index (χ4v) is 1.65. The Bertz CT molecular complexity index is 597. The molecule has 8 heteroatoms. The highest BCUT2D eigenvalue weighted by Crippen LogP contribution is 2.39. The smallest absolute Gasteiger partial charge is 0.433 e. The number of hydrogen-bond donors (Lipinski definition) is 1. The summed E-state index contributed by atoms with van der Waals surface area (Å²) in [4.78, 5) is 7.02. The highest BCUT2D eigenvalue weighted by Gasteiger charge is 2.42. The van der Waals surface area contributed by atoms with Gasteiger partial charge in [-0.15, -0.1) is 0 Å². The Morgan fingerprint density at radius 1 is 1.17 bits per heavy atom. The molecule has 2 aromatic rings. The van der Waals surface area contributed by atoms with Crippen LogP contribution in [-0.2, 0) is 11.7 Å². The van der Waals surface area contributed by atoms with E-state index in [2.05, 4.69) is 15.1 Å². The third-order valence-corrected chi connectivity index (χ3v) is 2.35. The summed E-state index contributed by atoms with van der Waals surface area (Å²) < 4.78 is 40.1. The topological polar surface area (TPSA) is 63.8 Å². The third-order valence-electron chi connectivity index (χ3n) is 2.35. The van der Waals surface area contributed by atoms with Crippen molar-refractivity contribution in [3.63, 3.8) is 0 Å². The van der Waals surface area contributed by atoms with Crippen molar-refractivity contribution in [2.24, 2.45) is 0 Å². The fourth-order valence-electron chi connectivity index (χ4n) is 1.65. The minimum absolute atomic E-state index is 0.176. The van der Waals surface area contributed by atoms with Crippen molar-refractivity contribution < 1.29 is 18.3 Å². The zero-order chi connectivity index (χ0) is 13.7. The molecule has 98 valence electrons. The van der Waals surface area contributed by atoms with Crippen molar-refractivity contribution in [3.8, 4) is 5.88 Å². The summed E-state index contributed by atoms with van der Waals surface area (Å²) in [5.74, 6) is -0.720. The predicted molar refractivity (Wildman–Crippen MR) is 57.0 cm³/mol. The molecule has 0 spiro atoms. The van der Waals surface area contributed by atoms with Gasteiger partial charge in [0.25, 0.3) is 0 Å². The van der Waals surface area contributed by atoms with Crippen LogP contribution in [0.25, 0.3) is 11.0 Å². The summed E-state index contributed by atoms with van der Waals surface area (Å²) >= 11 is 0. The molecule has 1 N–H and O–H groups in total. The second kappa shape index (κ2) is 3.56. The number of hydrogen-bond acceptors (Lipinski definition) is 4. The van der Waals surface area contributed by atoms with Crippen LogP contribution in [-0.4, -0.2) is 24.9 Å².